The summed E-state index contributed by atoms with van der Waals surface area (Å²) in [6, 6.07) is 9.49. The van der Waals surface area contributed by atoms with Crippen LogP contribution in [0.4, 0.5) is 22.9 Å². The van der Waals surface area contributed by atoms with Crippen molar-refractivity contribution in [2.24, 2.45) is 5.41 Å². The van der Waals surface area contributed by atoms with Crippen LogP contribution in [-0.4, -0.2) is 54.9 Å². The number of carbonyl (C=O) groups excluding carboxylic acids is 3. The number of nitrogens with one attached hydrogen (secondary N) is 1. The van der Waals surface area contributed by atoms with Gasteiger partial charge in [0.05, 0.1) is 23.0 Å². The van der Waals surface area contributed by atoms with Gasteiger partial charge in [0.2, 0.25) is 17.7 Å². The maximum Gasteiger partial charge on any atom is 0.249 e. The Labute approximate surface area is 222 Å². The normalized spacial score (nSPS) is 25.6. The Morgan fingerprint density at radius 3 is 2.18 bits per heavy atom. The first-order valence-corrected chi connectivity index (χ1v) is 13.9. The molecule has 2 aromatic rings. The van der Waals surface area contributed by atoms with Gasteiger partial charge in [0, 0.05) is 43.9 Å². The van der Waals surface area contributed by atoms with E-state index in [2.05, 4.69) is 32.2 Å². The first-order chi connectivity index (χ1) is 18.4. The van der Waals surface area contributed by atoms with Crippen molar-refractivity contribution in [3.8, 4) is 0 Å². The molecule has 1 unspecified atom stereocenters. The second kappa shape index (κ2) is 8.44. The second-order valence-electron chi connectivity index (χ2n) is 11.8. The maximum absolute atomic E-state index is 13.7. The Bertz CT molecular complexity index is 1300. The number of amides is 3. The summed E-state index contributed by atoms with van der Waals surface area (Å²) in [5.41, 5.74) is 9.90. The summed E-state index contributed by atoms with van der Waals surface area (Å²) in [5.74, 6) is -0.0276. The highest BCUT2D eigenvalue weighted by molar-refractivity contribution is 6.16. The van der Waals surface area contributed by atoms with E-state index in [1.807, 2.05) is 24.4 Å². The van der Waals surface area contributed by atoms with Gasteiger partial charge in [-0.25, -0.2) is 4.98 Å². The molecule has 1 atom stereocenters. The smallest absolute Gasteiger partial charge is 0.249 e. The monoisotopic (exact) mass is 514 g/mol. The molecule has 3 N–H and O–H groups in total. The Hall–Kier alpha value is -3.62. The number of imide groups is 1. The topological polar surface area (TPSA) is 112 Å². The maximum atomic E-state index is 13.7. The van der Waals surface area contributed by atoms with E-state index in [9.17, 15) is 14.4 Å². The molecule has 5 heterocycles. The highest BCUT2D eigenvalue weighted by atomic mass is 16.2. The summed E-state index contributed by atoms with van der Waals surface area (Å²) in [6.07, 6.45) is 8.80. The van der Waals surface area contributed by atoms with Gasteiger partial charge in [-0.1, -0.05) is 6.07 Å². The molecule has 198 valence electrons. The zero-order valence-corrected chi connectivity index (χ0v) is 21.6. The molecular formula is C29H34N6O3. The quantitative estimate of drug-likeness (QED) is 0.606. The van der Waals surface area contributed by atoms with Crippen molar-refractivity contribution in [3.05, 3.63) is 42.1 Å². The Morgan fingerprint density at radius 2 is 1.55 bits per heavy atom. The number of piperidine rings is 3. The predicted molar refractivity (Wildman–Crippen MR) is 145 cm³/mol. The number of pyridine rings is 1. The highest BCUT2D eigenvalue weighted by Gasteiger charge is 2.62. The van der Waals surface area contributed by atoms with Gasteiger partial charge in [-0.05, 0) is 74.6 Å². The van der Waals surface area contributed by atoms with Crippen molar-refractivity contribution in [1.82, 2.24) is 10.3 Å². The van der Waals surface area contributed by atoms with Crippen LogP contribution in [0.1, 0.15) is 56.9 Å². The predicted octanol–water partition coefficient (Wildman–Crippen LogP) is 2.73. The summed E-state index contributed by atoms with van der Waals surface area (Å²) < 4.78 is 0. The molecule has 9 nitrogen and oxygen atoms in total. The van der Waals surface area contributed by atoms with Crippen LogP contribution >= 0.6 is 0 Å². The minimum Gasteiger partial charge on any atom is -0.384 e. The number of benzene rings is 1. The van der Waals surface area contributed by atoms with E-state index in [1.165, 1.54) is 12.8 Å². The zero-order valence-electron chi connectivity index (χ0n) is 21.6. The standard InChI is InChI=1S/C29H34N6O3/c30-23-6-4-19(18-31-23)33-14-10-28(11-15-33)12-16-34(17-13-28)20-2-1-3-21-25(20)29(8-9-29)27(38)35(21)22-5-7-24(36)32-26(22)37/h1-4,6,18,22H,5,7-17H2,(H2,30,31)(H,32,36,37). The number of anilines is 4. The van der Waals surface area contributed by atoms with Gasteiger partial charge in [0.25, 0.3) is 0 Å². The van der Waals surface area contributed by atoms with Gasteiger partial charge in [-0.3, -0.25) is 24.6 Å². The molecule has 7 rings (SSSR count). The summed E-state index contributed by atoms with van der Waals surface area (Å²) in [7, 11) is 0. The van der Waals surface area contributed by atoms with Crippen molar-refractivity contribution >= 4 is 40.6 Å². The number of rotatable bonds is 3. The van der Waals surface area contributed by atoms with Crippen LogP contribution in [-0.2, 0) is 19.8 Å². The molecule has 1 saturated carbocycles. The Balaban J connectivity index is 1.09. The van der Waals surface area contributed by atoms with E-state index in [0.717, 1.165) is 74.5 Å². The van der Waals surface area contributed by atoms with Crippen molar-refractivity contribution in [1.29, 1.82) is 0 Å². The summed E-state index contributed by atoms with van der Waals surface area (Å²) >= 11 is 0. The molecule has 4 fully saturated rings. The second-order valence-corrected chi connectivity index (χ2v) is 11.8. The molecule has 9 heteroatoms. The Morgan fingerprint density at radius 1 is 0.868 bits per heavy atom. The molecule has 0 bridgehead atoms. The van der Waals surface area contributed by atoms with Crippen LogP contribution in [0, 0.1) is 5.41 Å². The molecule has 3 amide bonds. The lowest BCUT2D eigenvalue weighted by Gasteiger charge is -2.48. The average molecular weight is 515 g/mol. The van der Waals surface area contributed by atoms with Crippen molar-refractivity contribution in [3.63, 3.8) is 0 Å². The largest absolute Gasteiger partial charge is 0.384 e. The number of carbonyl (C=O) groups is 3. The van der Waals surface area contributed by atoms with Gasteiger partial charge in [0.15, 0.2) is 0 Å². The summed E-state index contributed by atoms with van der Waals surface area (Å²) in [4.78, 5) is 49.1. The van der Waals surface area contributed by atoms with Crippen LogP contribution in [0.2, 0.25) is 0 Å². The van der Waals surface area contributed by atoms with Crippen molar-refractivity contribution in [2.75, 3.05) is 46.6 Å². The lowest BCUT2D eigenvalue weighted by molar-refractivity contribution is -0.135. The number of nitrogens with two attached hydrogens (primary N) is 1. The lowest BCUT2D eigenvalue weighted by atomic mass is 9.71. The van der Waals surface area contributed by atoms with E-state index in [-0.39, 0.29) is 24.1 Å². The van der Waals surface area contributed by atoms with Crippen LogP contribution in [0.5, 0.6) is 0 Å². The van der Waals surface area contributed by atoms with Gasteiger partial charge in [-0.15, -0.1) is 0 Å². The number of fused-ring (bicyclic) bond motifs is 2. The van der Waals surface area contributed by atoms with Gasteiger partial charge >= 0.3 is 0 Å². The van der Waals surface area contributed by atoms with E-state index in [4.69, 9.17) is 5.73 Å². The number of hydrogen-bond donors (Lipinski definition) is 2. The molecule has 38 heavy (non-hydrogen) atoms. The molecule has 3 saturated heterocycles. The minimum atomic E-state index is -0.611. The SMILES string of the molecule is Nc1ccc(N2CCC3(CC2)CCN(c2cccc4c2C2(CC2)C(=O)N4C2CCC(=O)NC2=O)CC3)cn1. The van der Waals surface area contributed by atoms with Crippen LogP contribution in [0.25, 0.3) is 0 Å². The molecule has 1 aromatic heterocycles. The fourth-order valence-electron chi connectivity index (χ4n) is 7.30. The third-order valence-electron chi connectivity index (χ3n) is 9.78. The van der Waals surface area contributed by atoms with Crippen LogP contribution in [0.15, 0.2) is 36.5 Å². The molecule has 0 radical (unpaired) electrons. The minimum absolute atomic E-state index is 0.0347. The van der Waals surface area contributed by atoms with E-state index < -0.39 is 11.5 Å². The number of nitrogens with zero attached hydrogens (tertiary/aromatic N) is 4. The number of hydrogen-bond acceptors (Lipinski definition) is 7. The van der Waals surface area contributed by atoms with Gasteiger partial charge < -0.3 is 15.5 Å². The number of aromatic nitrogens is 1. The lowest BCUT2D eigenvalue weighted by Crippen LogP contribution is -2.54. The third-order valence-corrected chi connectivity index (χ3v) is 9.78. The number of nitrogen functional groups attached to an aromatic ring is 1. The van der Waals surface area contributed by atoms with Gasteiger partial charge in [0.1, 0.15) is 11.9 Å². The van der Waals surface area contributed by atoms with E-state index >= 15 is 0 Å². The van der Waals surface area contributed by atoms with Crippen molar-refractivity contribution < 1.29 is 14.4 Å². The van der Waals surface area contributed by atoms with E-state index in [1.54, 1.807) is 4.90 Å². The fraction of sp³-hybridized carbons (Fsp3) is 0.517. The molecule has 1 aliphatic carbocycles. The molecule has 4 aliphatic heterocycles. The molecule has 5 aliphatic rings. The van der Waals surface area contributed by atoms with Crippen LogP contribution < -0.4 is 25.8 Å². The highest BCUT2D eigenvalue weighted by Crippen LogP contribution is 2.61. The third kappa shape index (κ3) is 3.58. The molecule has 2 spiro atoms. The summed E-state index contributed by atoms with van der Waals surface area (Å²) in [6.45, 7) is 4.01. The fourth-order valence-corrected chi connectivity index (χ4v) is 7.30. The molecule has 1 aromatic carbocycles. The summed E-state index contributed by atoms with van der Waals surface area (Å²) in [5, 5.41) is 2.44. The van der Waals surface area contributed by atoms with Crippen LogP contribution in [0.3, 0.4) is 0 Å². The average Bonchev–Trinajstić information content (AvgIpc) is 3.69. The zero-order chi connectivity index (χ0) is 26.1. The van der Waals surface area contributed by atoms with Gasteiger partial charge in [-0.2, -0.15) is 0 Å². The first-order valence-electron chi connectivity index (χ1n) is 13.9. The first kappa shape index (κ1) is 23.5. The van der Waals surface area contributed by atoms with Crippen molar-refractivity contribution in [2.45, 2.75) is 62.8 Å². The Kier molecular flexibility index (Phi) is 5.22. The molecular weight excluding hydrogens is 480 g/mol. The van der Waals surface area contributed by atoms with E-state index in [0.29, 0.717) is 17.7 Å².